The van der Waals surface area contributed by atoms with Crippen LogP contribution in [-0.2, 0) is 11.3 Å². The molecule has 1 aromatic carbocycles. The standard InChI is InChI=1S/C20H27NO3/c1-20-9-8-13-14(16(20)6-7-19(20)21-24-3)5-4-12-10-18(23-2)17(22)11-15(12)13/h10-11,13-14,16,22H,4-9H2,1-3H3/b21-19-/t13-,14+,16-,20-/m0/s1. The van der Waals surface area contributed by atoms with Gasteiger partial charge in [-0.05, 0) is 79.5 Å². The van der Waals surface area contributed by atoms with Gasteiger partial charge in [-0.15, -0.1) is 0 Å². The maximum atomic E-state index is 10.2. The Morgan fingerprint density at radius 1 is 1.17 bits per heavy atom. The summed E-state index contributed by atoms with van der Waals surface area (Å²) in [6, 6.07) is 4.01. The summed E-state index contributed by atoms with van der Waals surface area (Å²) >= 11 is 0. The molecule has 2 fully saturated rings. The first-order valence-corrected chi connectivity index (χ1v) is 9.08. The molecule has 4 heteroatoms. The number of benzene rings is 1. The highest BCUT2D eigenvalue weighted by Crippen LogP contribution is 2.60. The number of aromatic hydroxyl groups is 1. The highest BCUT2D eigenvalue weighted by atomic mass is 16.6. The number of oxime groups is 1. The number of rotatable bonds is 2. The summed E-state index contributed by atoms with van der Waals surface area (Å²) in [4.78, 5) is 5.11. The number of hydrogen-bond acceptors (Lipinski definition) is 4. The molecule has 2 saturated carbocycles. The first-order valence-electron chi connectivity index (χ1n) is 9.08. The summed E-state index contributed by atoms with van der Waals surface area (Å²) in [7, 11) is 3.27. The van der Waals surface area contributed by atoms with Gasteiger partial charge < -0.3 is 14.7 Å². The van der Waals surface area contributed by atoms with E-state index in [-0.39, 0.29) is 11.2 Å². The van der Waals surface area contributed by atoms with E-state index < -0.39 is 0 Å². The predicted molar refractivity (Wildman–Crippen MR) is 93.7 cm³/mol. The van der Waals surface area contributed by atoms with E-state index in [0.29, 0.717) is 23.5 Å². The Morgan fingerprint density at radius 2 is 2.00 bits per heavy atom. The number of aryl methyl sites for hydroxylation is 1. The molecule has 4 atom stereocenters. The second-order valence-corrected chi connectivity index (χ2v) is 7.85. The minimum atomic E-state index is 0.198. The molecule has 0 unspecified atom stereocenters. The summed E-state index contributed by atoms with van der Waals surface area (Å²) in [5.74, 6) is 2.81. The second-order valence-electron chi connectivity index (χ2n) is 7.85. The molecule has 0 radical (unpaired) electrons. The summed E-state index contributed by atoms with van der Waals surface area (Å²) < 4.78 is 5.29. The van der Waals surface area contributed by atoms with Crippen molar-refractivity contribution in [1.82, 2.24) is 0 Å². The summed E-state index contributed by atoms with van der Waals surface area (Å²) in [5, 5.41) is 14.6. The van der Waals surface area contributed by atoms with Crippen LogP contribution in [-0.4, -0.2) is 25.0 Å². The SMILES string of the molecule is CO/N=C1/CC[C@H]2[C@@H]3CCc4cc(OC)c(O)cc4[C@H]3CC[C@]12C. The van der Waals surface area contributed by atoms with Crippen molar-refractivity contribution >= 4 is 5.71 Å². The maximum absolute atomic E-state index is 10.2. The monoisotopic (exact) mass is 329 g/mol. The molecule has 3 aliphatic carbocycles. The topological polar surface area (TPSA) is 51.0 Å². The van der Waals surface area contributed by atoms with Crippen LogP contribution in [0.25, 0.3) is 0 Å². The summed E-state index contributed by atoms with van der Waals surface area (Å²) in [6.45, 7) is 2.39. The second kappa shape index (κ2) is 5.68. The Bertz CT molecular complexity index is 684. The third-order valence-corrected chi connectivity index (χ3v) is 6.97. The van der Waals surface area contributed by atoms with Gasteiger partial charge >= 0.3 is 0 Å². The van der Waals surface area contributed by atoms with Crippen molar-refractivity contribution in [2.75, 3.05) is 14.2 Å². The number of nitrogens with zero attached hydrogens (tertiary/aromatic N) is 1. The Kier molecular flexibility index (Phi) is 3.74. The molecule has 24 heavy (non-hydrogen) atoms. The van der Waals surface area contributed by atoms with Crippen molar-refractivity contribution in [3.63, 3.8) is 0 Å². The normalized spacial score (nSPS) is 36.0. The van der Waals surface area contributed by atoms with E-state index >= 15 is 0 Å². The number of phenolic OH excluding ortho intramolecular Hbond substituents is 1. The number of fused-ring (bicyclic) bond motifs is 5. The quantitative estimate of drug-likeness (QED) is 0.825. The highest BCUT2D eigenvalue weighted by molar-refractivity contribution is 5.92. The number of hydrogen-bond donors (Lipinski definition) is 1. The molecule has 1 N–H and O–H groups in total. The minimum Gasteiger partial charge on any atom is -0.504 e. The van der Waals surface area contributed by atoms with E-state index in [9.17, 15) is 5.11 Å². The average molecular weight is 329 g/mol. The van der Waals surface area contributed by atoms with Gasteiger partial charge in [0.05, 0.1) is 12.8 Å². The lowest BCUT2D eigenvalue weighted by Gasteiger charge is -2.49. The molecule has 4 nitrogen and oxygen atoms in total. The van der Waals surface area contributed by atoms with Crippen LogP contribution >= 0.6 is 0 Å². The van der Waals surface area contributed by atoms with E-state index in [1.54, 1.807) is 14.2 Å². The summed E-state index contributed by atoms with van der Waals surface area (Å²) in [5.41, 5.74) is 4.17. The van der Waals surface area contributed by atoms with Gasteiger partial charge in [-0.1, -0.05) is 12.1 Å². The fraction of sp³-hybridized carbons (Fsp3) is 0.650. The third kappa shape index (κ3) is 2.15. The first-order chi connectivity index (χ1) is 11.6. The van der Waals surface area contributed by atoms with Gasteiger partial charge in [-0.3, -0.25) is 0 Å². The zero-order chi connectivity index (χ0) is 16.9. The van der Waals surface area contributed by atoms with Crippen molar-refractivity contribution < 1.29 is 14.7 Å². The zero-order valence-electron chi connectivity index (χ0n) is 14.8. The molecule has 0 aliphatic heterocycles. The molecule has 0 aromatic heterocycles. The Labute approximate surface area is 143 Å². The highest BCUT2D eigenvalue weighted by Gasteiger charge is 2.53. The van der Waals surface area contributed by atoms with Crippen molar-refractivity contribution in [3.8, 4) is 11.5 Å². The van der Waals surface area contributed by atoms with Crippen LogP contribution < -0.4 is 4.74 Å². The Hall–Kier alpha value is -1.71. The van der Waals surface area contributed by atoms with Crippen LogP contribution in [0.2, 0.25) is 0 Å². The van der Waals surface area contributed by atoms with Crippen LogP contribution in [0.1, 0.15) is 56.1 Å². The first kappa shape index (κ1) is 15.8. The van der Waals surface area contributed by atoms with Crippen molar-refractivity contribution in [2.24, 2.45) is 22.4 Å². The molecule has 1 aromatic rings. The molecule has 3 aliphatic rings. The van der Waals surface area contributed by atoms with Crippen molar-refractivity contribution in [3.05, 3.63) is 23.3 Å². The fourth-order valence-corrected chi connectivity index (χ4v) is 5.80. The van der Waals surface area contributed by atoms with E-state index in [1.807, 2.05) is 12.1 Å². The van der Waals surface area contributed by atoms with Gasteiger partial charge in [0.25, 0.3) is 0 Å². The van der Waals surface area contributed by atoms with E-state index in [4.69, 9.17) is 9.57 Å². The molecule has 0 spiro atoms. The minimum absolute atomic E-state index is 0.198. The molecular formula is C20H27NO3. The van der Waals surface area contributed by atoms with Gasteiger partial charge in [0.2, 0.25) is 0 Å². The number of methoxy groups -OCH3 is 1. The molecule has 4 rings (SSSR count). The van der Waals surface area contributed by atoms with Crippen LogP contribution in [0.4, 0.5) is 0 Å². The third-order valence-electron chi connectivity index (χ3n) is 6.97. The lowest BCUT2D eigenvalue weighted by molar-refractivity contribution is 0.0923. The zero-order valence-corrected chi connectivity index (χ0v) is 14.8. The Balaban J connectivity index is 1.69. The van der Waals surface area contributed by atoms with Gasteiger partial charge in [-0.2, -0.15) is 0 Å². The lowest BCUT2D eigenvalue weighted by Crippen LogP contribution is -2.42. The van der Waals surface area contributed by atoms with Gasteiger partial charge in [-0.25, -0.2) is 0 Å². The van der Waals surface area contributed by atoms with E-state index in [2.05, 4.69) is 12.1 Å². The molecular weight excluding hydrogens is 302 g/mol. The lowest BCUT2D eigenvalue weighted by atomic mass is 9.55. The van der Waals surface area contributed by atoms with Crippen molar-refractivity contribution in [1.29, 1.82) is 0 Å². The molecule has 0 saturated heterocycles. The van der Waals surface area contributed by atoms with Crippen LogP contribution in [0.3, 0.4) is 0 Å². The summed E-state index contributed by atoms with van der Waals surface area (Å²) in [6.07, 6.45) is 6.92. The van der Waals surface area contributed by atoms with Gasteiger partial charge in [0.1, 0.15) is 7.11 Å². The van der Waals surface area contributed by atoms with Gasteiger partial charge in [0.15, 0.2) is 11.5 Å². The Morgan fingerprint density at radius 3 is 2.75 bits per heavy atom. The van der Waals surface area contributed by atoms with Crippen molar-refractivity contribution in [2.45, 2.75) is 51.4 Å². The van der Waals surface area contributed by atoms with E-state index in [0.717, 1.165) is 19.3 Å². The molecule has 130 valence electrons. The number of phenols is 1. The van der Waals surface area contributed by atoms with Gasteiger partial charge in [0, 0.05) is 5.41 Å². The smallest absolute Gasteiger partial charge is 0.160 e. The molecule has 0 bridgehead atoms. The van der Waals surface area contributed by atoms with Crippen LogP contribution in [0, 0.1) is 17.3 Å². The predicted octanol–water partition coefficient (Wildman–Crippen LogP) is 4.26. The molecule has 0 amide bonds. The average Bonchev–Trinajstić information content (AvgIpc) is 2.91. The van der Waals surface area contributed by atoms with Crippen LogP contribution in [0.5, 0.6) is 11.5 Å². The largest absolute Gasteiger partial charge is 0.504 e. The van der Waals surface area contributed by atoms with Crippen LogP contribution in [0.15, 0.2) is 17.3 Å². The maximum Gasteiger partial charge on any atom is 0.160 e. The fourth-order valence-electron chi connectivity index (χ4n) is 5.80. The molecule has 0 heterocycles. The number of ether oxygens (including phenoxy) is 1. The van der Waals surface area contributed by atoms with E-state index in [1.165, 1.54) is 36.1 Å².